The first kappa shape index (κ1) is 15.9. The average Bonchev–Trinajstić information content (AvgIpc) is 2.90. The van der Waals surface area contributed by atoms with E-state index < -0.39 is 0 Å². The van der Waals surface area contributed by atoms with E-state index in [9.17, 15) is 0 Å². The SMILES string of the molecule is COc1cccc2cc(C(C)NCCOCC(C)C)oc12. The van der Waals surface area contributed by atoms with Gasteiger partial charge in [0, 0.05) is 18.5 Å². The molecule has 116 valence electrons. The van der Waals surface area contributed by atoms with E-state index in [0.717, 1.165) is 35.6 Å². The van der Waals surface area contributed by atoms with Gasteiger partial charge in [-0.25, -0.2) is 0 Å². The van der Waals surface area contributed by atoms with Crippen LogP contribution in [0, 0.1) is 5.92 Å². The molecule has 1 aromatic carbocycles. The van der Waals surface area contributed by atoms with Gasteiger partial charge >= 0.3 is 0 Å². The Labute approximate surface area is 126 Å². The summed E-state index contributed by atoms with van der Waals surface area (Å²) in [7, 11) is 1.66. The summed E-state index contributed by atoms with van der Waals surface area (Å²) in [5.41, 5.74) is 0.805. The maximum Gasteiger partial charge on any atom is 0.176 e. The Balaban J connectivity index is 1.92. The van der Waals surface area contributed by atoms with Gasteiger partial charge in [-0.05, 0) is 25.0 Å². The maximum atomic E-state index is 5.92. The molecule has 0 saturated carbocycles. The summed E-state index contributed by atoms with van der Waals surface area (Å²) in [6.07, 6.45) is 0. The van der Waals surface area contributed by atoms with Crippen LogP contribution in [-0.2, 0) is 4.74 Å². The van der Waals surface area contributed by atoms with E-state index in [4.69, 9.17) is 13.9 Å². The van der Waals surface area contributed by atoms with E-state index in [1.165, 1.54) is 0 Å². The zero-order valence-electron chi connectivity index (χ0n) is 13.3. The van der Waals surface area contributed by atoms with Crippen LogP contribution in [0.5, 0.6) is 5.75 Å². The molecule has 21 heavy (non-hydrogen) atoms. The minimum atomic E-state index is 0.143. The fourth-order valence-corrected chi connectivity index (χ4v) is 2.20. The Hall–Kier alpha value is -1.52. The third-order valence-corrected chi connectivity index (χ3v) is 3.32. The van der Waals surface area contributed by atoms with Gasteiger partial charge in [-0.3, -0.25) is 0 Å². The summed E-state index contributed by atoms with van der Waals surface area (Å²) < 4.78 is 16.8. The van der Waals surface area contributed by atoms with Gasteiger partial charge in [0.1, 0.15) is 5.76 Å². The predicted octanol–water partition coefficient (Wildman–Crippen LogP) is 3.76. The lowest BCUT2D eigenvalue weighted by molar-refractivity contribution is 0.110. The third kappa shape index (κ3) is 4.22. The summed E-state index contributed by atoms with van der Waals surface area (Å²) in [5.74, 6) is 2.26. The molecular weight excluding hydrogens is 266 g/mol. The summed E-state index contributed by atoms with van der Waals surface area (Å²) >= 11 is 0. The summed E-state index contributed by atoms with van der Waals surface area (Å²) in [6, 6.07) is 8.12. The van der Waals surface area contributed by atoms with E-state index in [2.05, 4.69) is 32.2 Å². The Morgan fingerprint density at radius 3 is 2.76 bits per heavy atom. The van der Waals surface area contributed by atoms with Crippen LogP contribution in [0.4, 0.5) is 0 Å². The molecule has 2 aromatic rings. The van der Waals surface area contributed by atoms with Crippen LogP contribution in [0.15, 0.2) is 28.7 Å². The molecule has 0 spiro atoms. The molecule has 1 heterocycles. The van der Waals surface area contributed by atoms with Crippen molar-refractivity contribution in [3.8, 4) is 5.75 Å². The topological polar surface area (TPSA) is 43.6 Å². The first-order chi connectivity index (χ1) is 10.1. The fraction of sp³-hybridized carbons (Fsp3) is 0.529. The highest BCUT2D eigenvalue weighted by Crippen LogP contribution is 2.30. The van der Waals surface area contributed by atoms with Gasteiger partial charge in [0.05, 0.1) is 19.8 Å². The van der Waals surface area contributed by atoms with Crippen LogP contribution in [0.25, 0.3) is 11.0 Å². The van der Waals surface area contributed by atoms with E-state index in [-0.39, 0.29) is 6.04 Å². The van der Waals surface area contributed by atoms with Gasteiger partial charge in [-0.2, -0.15) is 0 Å². The van der Waals surface area contributed by atoms with Crippen molar-refractivity contribution in [3.63, 3.8) is 0 Å². The van der Waals surface area contributed by atoms with Crippen molar-refractivity contribution in [2.75, 3.05) is 26.9 Å². The quantitative estimate of drug-likeness (QED) is 0.752. The Kier molecular flexibility index (Phi) is 5.65. The highest BCUT2D eigenvalue weighted by Gasteiger charge is 2.13. The molecule has 1 N–H and O–H groups in total. The van der Waals surface area contributed by atoms with Crippen molar-refractivity contribution in [1.82, 2.24) is 5.32 Å². The molecule has 2 rings (SSSR count). The van der Waals surface area contributed by atoms with Gasteiger partial charge in [0.25, 0.3) is 0 Å². The largest absolute Gasteiger partial charge is 0.493 e. The van der Waals surface area contributed by atoms with Gasteiger partial charge in [-0.15, -0.1) is 0 Å². The number of nitrogens with one attached hydrogen (secondary N) is 1. The number of ether oxygens (including phenoxy) is 2. The summed E-state index contributed by atoms with van der Waals surface area (Å²) in [6.45, 7) is 8.72. The Bertz CT molecular complexity index is 562. The van der Waals surface area contributed by atoms with Gasteiger partial charge in [0.2, 0.25) is 0 Å². The molecule has 4 heteroatoms. The molecule has 1 unspecified atom stereocenters. The van der Waals surface area contributed by atoms with Crippen LogP contribution in [-0.4, -0.2) is 26.9 Å². The maximum absolute atomic E-state index is 5.92. The molecule has 0 saturated heterocycles. The molecule has 0 fully saturated rings. The van der Waals surface area contributed by atoms with Crippen LogP contribution >= 0.6 is 0 Å². The smallest absolute Gasteiger partial charge is 0.176 e. The van der Waals surface area contributed by atoms with Gasteiger partial charge < -0.3 is 19.2 Å². The molecule has 0 aliphatic carbocycles. The van der Waals surface area contributed by atoms with Crippen molar-refractivity contribution in [2.45, 2.75) is 26.8 Å². The van der Waals surface area contributed by atoms with Crippen LogP contribution < -0.4 is 10.1 Å². The number of para-hydroxylation sites is 1. The molecule has 0 aliphatic heterocycles. The molecule has 1 aromatic heterocycles. The third-order valence-electron chi connectivity index (χ3n) is 3.32. The van der Waals surface area contributed by atoms with Gasteiger partial charge in [0.15, 0.2) is 11.3 Å². The first-order valence-electron chi connectivity index (χ1n) is 7.49. The Morgan fingerprint density at radius 1 is 1.24 bits per heavy atom. The van der Waals surface area contributed by atoms with E-state index in [0.29, 0.717) is 12.5 Å². The van der Waals surface area contributed by atoms with E-state index >= 15 is 0 Å². The first-order valence-corrected chi connectivity index (χ1v) is 7.49. The van der Waals surface area contributed by atoms with Gasteiger partial charge in [-0.1, -0.05) is 26.0 Å². The van der Waals surface area contributed by atoms with Crippen LogP contribution in [0.2, 0.25) is 0 Å². The van der Waals surface area contributed by atoms with Crippen molar-refractivity contribution < 1.29 is 13.9 Å². The van der Waals surface area contributed by atoms with Crippen LogP contribution in [0.3, 0.4) is 0 Å². The van der Waals surface area contributed by atoms with E-state index in [1.54, 1.807) is 7.11 Å². The number of benzene rings is 1. The highest BCUT2D eigenvalue weighted by molar-refractivity contribution is 5.83. The zero-order valence-corrected chi connectivity index (χ0v) is 13.3. The van der Waals surface area contributed by atoms with Crippen molar-refractivity contribution in [3.05, 3.63) is 30.0 Å². The zero-order chi connectivity index (χ0) is 15.2. The number of fused-ring (bicyclic) bond motifs is 1. The molecule has 4 nitrogen and oxygen atoms in total. The minimum Gasteiger partial charge on any atom is -0.493 e. The van der Waals surface area contributed by atoms with Crippen LogP contribution in [0.1, 0.15) is 32.6 Å². The number of rotatable bonds is 8. The summed E-state index contributed by atoms with van der Waals surface area (Å²) in [4.78, 5) is 0. The minimum absolute atomic E-state index is 0.143. The van der Waals surface area contributed by atoms with E-state index in [1.807, 2.05) is 18.2 Å². The summed E-state index contributed by atoms with van der Waals surface area (Å²) in [5, 5.41) is 4.48. The lowest BCUT2D eigenvalue weighted by Gasteiger charge is -2.12. The molecule has 0 bridgehead atoms. The number of methoxy groups -OCH3 is 1. The number of hydrogen-bond acceptors (Lipinski definition) is 4. The molecule has 0 amide bonds. The molecule has 0 aliphatic rings. The second-order valence-electron chi connectivity index (χ2n) is 5.67. The standard InChI is InChI=1S/C17H25NO3/c1-12(2)11-20-9-8-18-13(3)16-10-14-6-5-7-15(19-4)17(14)21-16/h5-7,10,12-13,18H,8-9,11H2,1-4H3. The normalized spacial score (nSPS) is 13.0. The Morgan fingerprint density at radius 2 is 2.05 bits per heavy atom. The van der Waals surface area contributed by atoms with Crippen molar-refractivity contribution in [2.24, 2.45) is 5.92 Å². The molecule has 1 atom stereocenters. The number of furan rings is 1. The lowest BCUT2D eigenvalue weighted by atomic mass is 10.2. The van der Waals surface area contributed by atoms with Crippen molar-refractivity contribution >= 4 is 11.0 Å². The molecule has 0 radical (unpaired) electrons. The highest BCUT2D eigenvalue weighted by atomic mass is 16.5. The molecular formula is C17H25NO3. The van der Waals surface area contributed by atoms with Crippen molar-refractivity contribution in [1.29, 1.82) is 0 Å². The monoisotopic (exact) mass is 291 g/mol. The second kappa shape index (κ2) is 7.48. The average molecular weight is 291 g/mol. The lowest BCUT2D eigenvalue weighted by Crippen LogP contribution is -2.23. The number of hydrogen-bond donors (Lipinski definition) is 1. The fourth-order valence-electron chi connectivity index (χ4n) is 2.20. The predicted molar refractivity (Wildman–Crippen MR) is 84.8 cm³/mol. The second-order valence-corrected chi connectivity index (χ2v) is 5.67.